The number of amides is 1. The number of nitrogens with zero attached hydrogens (tertiary/aromatic N) is 3. The predicted molar refractivity (Wildman–Crippen MR) is 100 cm³/mol. The zero-order valence-electron chi connectivity index (χ0n) is 15.3. The number of aromatic nitrogens is 2. The third-order valence-corrected chi connectivity index (χ3v) is 7.11. The van der Waals surface area contributed by atoms with Crippen LogP contribution in [-0.4, -0.2) is 62.4 Å². The van der Waals surface area contributed by atoms with Gasteiger partial charge in [-0.15, -0.1) is 5.10 Å². The number of piperidine rings is 1. The largest absolute Gasteiger partial charge is 0.497 e. The molecular weight excluding hydrogens is 390 g/mol. The van der Waals surface area contributed by atoms with Crippen LogP contribution in [0.15, 0.2) is 22.4 Å². The standard InChI is InChI=1S/C17H21N3O5S2/c1-24-12-6-7-13(14(9-12)25-2)16(21)20-8-4-5-11(10-20)15-17(26-19-18-15)27(3,22)23/h6-7,9,11H,4-5,8,10H2,1-3H3/t11-/m0/s1. The number of hydrogen-bond donors (Lipinski definition) is 0. The first-order chi connectivity index (χ1) is 12.8. The average molecular weight is 412 g/mol. The van der Waals surface area contributed by atoms with Crippen molar-refractivity contribution < 1.29 is 22.7 Å². The van der Waals surface area contributed by atoms with E-state index in [-0.39, 0.29) is 16.0 Å². The Morgan fingerprint density at radius 2 is 2.07 bits per heavy atom. The normalized spacial score (nSPS) is 17.6. The lowest BCUT2D eigenvalue weighted by Crippen LogP contribution is -2.39. The van der Waals surface area contributed by atoms with Crippen molar-refractivity contribution in [3.63, 3.8) is 0 Å². The molecule has 2 aromatic rings. The number of hydrogen-bond acceptors (Lipinski definition) is 8. The van der Waals surface area contributed by atoms with Gasteiger partial charge in [0.15, 0.2) is 14.0 Å². The second-order valence-electron chi connectivity index (χ2n) is 6.37. The van der Waals surface area contributed by atoms with Crippen molar-refractivity contribution in [2.75, 3.05) is 33.6 Å². The Bertz CT molecular complexity index is 942. The molecule has 0 unspecified atom stereocenters. The van der Waals surface area contributed by atoms with Crippen molar-refractivity contribution in [2.24, 2.45) is 0 Å². The van der Waals surface area contributed by atoms with E-state index in [0.29, 0.717) is 35.8 Å². The summed E-state index contributed by atoms with van der Waals surface area (Å²) in [6.45, 7) is 0.984. The maximum absolute atomic E-state index is 13.0. The van der Waals surface area contributed by atoms with E-state index in [0.717, 1.165) is 30.6 Å². The second kappa shape index (κ2) is 7.81. The topological polar surface area (TPSA) is 98.7 Å². The van der Waals surface area contributed by atoms with Crippen LogP contribution in [0.1, 0.15) is 34.8 Å². The first kappa shape index (κ1) is 19.6. The van der Waals surface area contributed by atoms with Gasteiger partial charge in [0, 0.05) is 42.9 Å². The number of benzene rings is 1. The molecule has 27 heavy (non-hydrogen) atoms. The number of carbonyl (C=O) groups excluding carboxylic acids is 1. The van der Waals surface area contributed by atoms with Crippen molar-refractivity contribution in [1.82, 2.24) is 14.5 Å². The van der Waals surface area contributed by atoms with Crippen LogP contribution in [0.5, 0.6) is 11.5 Å². The van der Waals surface area contributed by atoms with Gasteiger partial charge in [0.25, 0.3) is 5.91 Å². The Kier molecular flexibility index (Phi) is 5.66. The number of ether oxygens (including phenoxy) is 2. The van der Waals surface area contributed by atoms with Gasteiger partial charge < -0.3 is 14.4 Å². The molecule has 1 saturated heterocycles. The highest BCUT2D eigenvalue weighted by molar-refractivity contribution is 7.92. The lowest BCUT2D eigenvalue weighted by atomic mass is 9.95. The maximum Gasteiger partial charge on any atom is 0.257 e. The van der Waals surface area contributed by atoms with Crippen molar-refractivity contribution in [2.45, 2.75) is 23.0 Å². The molecular formula is C17H21N3O5S2. The molecule has 2 heterocycles. The molecule has 0 N–H and O–H groups in total. The molecule has 1 fully saturated rings. The summed E-state index contributed by atoms with van der Waals surface area (Å²) in [6, 6.07) is 5.06. The van der Waals surface area contributed by atoms with Crippen LogP contribution in [0.4, 0.5) is 0 Å². The van der Waals surface area contributed by atoms with E-state index in [1.807, 2.05) is 0 Å². The fraction of sp³-hybridized carbons (Fsp3) is 0.471. The molecule has 1 aliphatic rings. The number of sulfone groups is 1. The summed E-state index contributed by atoms with van der Waals surface area (Å²) in [5.41, 5.74) is 0.903. The van der Waals surface area contributed by atoms with Gasteiger partial charge in [0.1, 0.15) is 11.5 Å². The molecule has 146 valence electrons. The SMILES string of the molecule is COc1ccc(C(=O)N2CCC[C@H](c3nnsc3S(C)(=O)=O)C2)c(OC)c1. The summed E-state index contributed by atoms with van der Waals surface area (Å²) in [5.74, 6) is 0.721. The average Bonchev–Trinajstić information content (AvgIpc) is 3.17. The Labute approximate surface area is 162 Å². The fourth-order valence-corrected chi connectivity index (χ4v) is 4.96. The minimum Gasteiger partial charge on any atom is -0.497 e. The van der Waals surface area contributed by atoms with Crippen molar-refractivity contribution in [3.8, 4) is 11.5 Å². The smallest absolute Gasteiger partial charge is 0.257 e. The van der Waals surface area contributed by atoms with Gasteiger partial charge in [-0.2, -0.15) is 0 Å². The minimum atomic E-state index is -3.39. The van der Waals surface area contributed by atoms with Crippen LogP contribution in [0, 0.1) is 0 Å². The lowest BCUT2D eigenvalue weighted by Gasteiger charge is -2.32. The summed E-state index contributed by atoms with van der Waals surface area (Å²) >= 11 is 0.880. The molecule has 0 radical (unpaired) electrons. The van der Waals surface area contributed by atoms with Gasteiger partial charge in [0.05, 0.1) is 25.5 Å². The van der Waals surface area contributed by atoms with E-state index in [9.17, 15) is 13.2 Å². The molecule has 8 nitrogen and oxygen atoms in total. The maximum atomic E-state index is 13.0. The van der Waals surface area contributed by atoms with Gasteiger partial charge in [-0.25, -0.2) is 8.42 Å². The van der Waals surface area contributed by atoms with Gasteiger partial charge >= 0.3 is 0 Å². The predicted octanol–water partition coefficient (Wildman–Crippen LogP) is 1.98. The van der Waals surface area contributed by atoms with Crippen LogP contribution in [0.3, 0.4) is 0 Å². The van der Waals surface area contributed by atoms with Gasteiger partial charge in [-0.3, -0.25) is 4.79 Å². The lowest BCUT2D eigenvalue weighted by molar-refractivity contribution is 0.0701. The van der Waals surface area contributed by atoms with Gasteiger partial charge in [-0.1, -0.05) is 4.49 Å². The number of carbonyl (C=O) groups is 1. The van der Waals surface area contributed by atoms with Crippen LogP contribution >= 0.6 is 11.5 Å². The fourth-order valence-electron chi connectivity index (χ4n) is 3.23. The second-order valence-corrected chi connectivity index (χ2v) is 9.34. The molecule has 1 aliphatic heterocycles. The molecule has 0 saturated carbocycles. The van der Waals surface area contributed by atoms with E-state index in [2.05, 4.69) is 9.59 Å². The molecule has 3 rings (SSSR count). The molecule has 10 heteroatoms. The van der Waals surface area contributed by atoms with Gasteiger partial charge in [0.2, 0.25) is 0 Å². The number of likely N-dealkylation sites (tertiary alicyclic amines) is 1. The van der Waals surface area contributed by atoms with E-state index in [1.54, 1.807) is 30.2 Å². The molecule has 1 aromatic heterocycles. The van der Waals surface area contributed by atoms with Crippen LogP contribution in [0.25, 0.3) is 0 Å². The summed E-state index contributed by atoms with van der Waals surface area (Å²) < 4.78 is 38.4. The Balaban J connectivity index is 1.85. The quantitative estimate of drug-likeness (QED) is 0.742. The summed E-state index contributed by atoms with van der Waals surface area (Å²) in [4.78, 5) is 14.7. The van der Waals surface area contributed by atoms with Crippen molar-refractivity contribution in [3.05, 3.63) is 29.5 Å². The van der Waals surface area contributed by atoms with Crippen LogP contribution in [0.2, 0.25) is 0 Å². The Morgan fingerprint density at radius 1 is 1.30 bits per heavy atom. The first-order valence-electron chi connectivity index (χ1n) is 8.38. The summed E-state index contributed by atoms with van der Waals surface area (Å²) in [7, 11) is -0.339. The van der Waals surface area contributed by atoms with Crippen LogP contribution < -0.4 is 9.47 Å². The van der Waals surface area contributed by atoms with E-state index >= 15 is 0 Å². The zero-order chi connectivity index (χ0) is 19.6. The molecule has 0 aliphatic carbocycles. The van der Waals surface area contributed by atoms with E-state index in [1.165, 1.54) is 7.11 Å². The Morgan fingerprint density at radius 3 is 2.74 bits per heavy atom. The Hall–Kier alpha value is -2.20. The van der Waals surface area contributed by atoms with E-state index in [4.69, 9.17) is 9.47 Å². The third kappa shape index (κ3) is 4.06. The highest BCUT2D eigenvalue weighted by atomic mass is 32.2. The first-order valence-corrected chi connectivity index (χ1v) is 11.0. The molecule has 1 amide bonds. The van der Waals surface area contributed by atoms with Crippen LogP contribution in [-0.2, 0) is 9.84 Å². The number of rotatable bonds is 5. The molecule has 1 atom stereocenters. The number of methoxy groups -OCH3 is 2. The molecule has 1 aromatic carbocycles. The van der Waals surface area contributed by atoms with Crippen molar-refractivity contribution in [1.29, 1.82) is 0 Å². The summed E-state index contributed by atoms with van der Waals surface area (Å²) in [6.07, 6.45) is 2.67. The van der Waals surface area contributed by atoms with Gasteiger partial charge in [-0.05, 0) is 25.0 Å². The zero-order valence-corrected chi connectivity index (χ0v) is 17.0. The molecule has 0 spiro atoms. The molecule has 0 bridgehead atoms. The van der Waals surface area contributed by atoms with E-state index < -0.39 is 9.84 Å². The highest BCUT2D eigenvalue weighted by Gasteiger charge is 2.32. The monoisotopic (exact) mass is 411 g/mol. The minimum absolute atomic E-state index is 0.157. The summed E-state index contributed by atoms with van der Waals surface area (Å²) in [5, 5.41) is 4.04. The highest BCUT2D eigenvalue weighted by Crippen LogP contribution is 2.33. The third-order valence-electron chi connectivity index (χ3n) is 4.55. The van der Waals surface area contributed by atoms with Crippen molar-refractivity contribution >= 4 is 27.3 Å².